The van der Waals surface area contributed by atoms with Crippen LogP contribution in [0, 0.1) is 5.92 Å². The molecule has 1 saturated carbocycles. The van der Waals surface area contributed by atoms with Gasteiger partial charge >= 0.3 is 0 Å². The zero-order valence-electron chi connectivity index (χ0n) is 9.05. The van der Waals surface area contributed by atoms with Gasteiger partial charge in [0.2, 0.25) is 0 Å². The topological polar surface area (TPSA) is 50.4 Å². The van der Waals surface area contributed by atoms with E-state index >= 15 is 0 Å². The van der Waals surface area contributed by atoms with Gasteiger partial charge in [-0.25, -0.2) is 0 Å². The van der Waals surface area contributed by atoms with Crippen LogP contribution < -0.4 is 11.1 Å². The largest absolute Gasteiger partial charge is 0.384 e. The lowest BCUT2D eigenvalue weighted by molar-refractivity contribution is 0.350. The highest BCUT2D eigenvalue weighted by molar-refractivity contribution is 5.29. The van der Waals surface area contributed by atoms with Crippen LogP contribution in [0.4, 0.5) is 0 Å². The molecule has 0 aromatic heterocycles. The quantitative estimate of drug-likeness (QED) is 0.674. The summed E-state index contributed by atoms with van der Waals surface area (Å²) in [5.74, 6) is 1.46. The van der Waals surface area contributed by atoms with Gasteiger partial charge < -0.3 is 11.1 Å². The van der Waals surface area contributed by atoms with Gasteiger partial charge in [0.1, 0.15) is 5.82 Å². The lowest BCUT2D eigenvalue weighted by Gasteiger charge is -2.22. The van der Waals surface area contributed by atoms with Crippen LogP contribution in [0.2, 0.25) is 0 Å². The molecule has 0 atom stereocenters. The van der Waals surface area contributed by atoms with Gasteiger partial charge in [0.15, 0.2) is 0 Å². The van der Waals surface area contributed by atoms with E-state index in [-0.39, 0.29) is 0 Å². The van der Waals surface area contributed by atoms with Crippen molar-refractivity contribution in [3.05, 3.63) is 11.5 Å². The van der Waals surface area contributed by atoms with Crippen LogP contribution in [0.3, 0.4) is 0 Å². The summed E-state index contributed by atoms with van der Waals surface area (Å²) in [5.41, 5.74) is 6.57. The molecule has 0 amide bonds. The second-order valence-electron chi connectivity index (χ2n) is 4.04. The van der Waals surface area contributed by atoms with Crippen LogP contribution >= 0.6 is 0 Å². The van der Waals surface area contributed by atoms with E-state index in [4.69, 9.17) is 5.73 Å². The molecule has 1 aliphatic carbocycles. The number of hydrogen-bond acceptors (Lipinski definition) is 3. The van der Waals surface area contributed by atoms with Gasteiger partial charge in [0.25, 0.3) is 0 Å². The first-order valence-electron chi connectivity index (χ1n) is 5.41. The number of aliphatic imine (C=N–C) groups is 1. The summed E-state index contributed by atoms with van der Waals surface area (Å²) in [6, 6.07) is 0. The Hall–Kier alpha value is -0.990. The Morgan fingerprint density at radius 2 is 2.07 bits per heavy atom. The van der Waals surface area contributed by atoms with Crippen LogP contribution in [0.5, 0.6) is 0 Å². The van der Waals surface area contributed by atoms with Gasteiger partial charge in [0, 0.05) is 6.54 Å². The zero-order chi connectivity index (χ0) is 10.4. The molecule has 0 heterocycles. The van der Waals surface area contributed by atoms with Crippen molar-refractivity contribution in [2.45, 2.75) is 39.0 Å². The van der Waals surface area contributed by atoms with Crippen LogP contribution in [0.15, 0.2) is 16.5 Å². The molecule has 0 bridgehead atoms. The second-order valence-corrected chi connectivity index (χ2v) is 4.04. The van der Waals surface area contributed by atoms with E-state index in [1.807, 2.05) is 6.92 Å². The molecule has 0 aliphatic heterocycles. The highest BCUT2D eigenvalue weighted by atomic mass is 15.0. The van der Waals surface area contributed by atoms with Crippen LogP contribution in [0.1, 0.15) is 39.0 Å². The summed E-state index contributed by atoms with van der Waals surface area (Å²) < 4.78 is 0. The summed E-state index contributed by atoms with van der Waals surface area (Å²) >= 11 is 0. The van der Waals surface area contributed by atoms with Gasteiger partial charge in [-0.15, -0.1) is 0 Å². The van der Waals surface area contributed by atoms with E-state index in [9.17, 15) is 0 Å². The summed E-state index contributed by atoms with van der Waals surface area (Å²) in [6.45, 7) is 6.30. The van der Waals surface area contributed by atoms with Crippen molar-refractivity contribution in [1.29, 1.82) is 0 Å². The van der Waals surface area contributed by atoms with E-state index in [0.29, 0.717) is 5.82 Å². The monoisotopic (exact) mass is 195 g/mol. The summed E-state index contributed by atoms with van der Waals surface area (Å²) in [4.78, 5) is 3.79. The molecule has 80 valence electrons. The lowest BCUT2D eigenvalue weighted by Crippen LogP contribution is -2.28. The Bertz CT molecular complexity index is 215. The first-order chi connectivity index (χ1) is 6.74. The molecule has 3 N–H and O–H groups in total. The van der Waals surface area contributed by atoms with E-state index in [0.717, 1.165) is 18.2 Å². The van der Waals surface area contributed by atoms with Crippen LogP contribution in [-0.4, -0.2) is 13.3 Å². The van der Waals surface area contributed by atoms with Crippen molar-refractivity contribution >= 4 is 6.72 Å². The van der Waals surface area contributed by atoms with Gasteiger partial charge in [-0.3, -0.25) is 4.99 Å². The molecule has 0 aromatic carbocycles. The number of rotatable bonds is 4. The molecule has 0 unspecified atom stereocenters. The fraction of sp³-hybridized carbons (Fsp3) is 0.727. The maximum absolute atomic E-state index is 5.78. The molecule has 3 heteroatoms. The van der Waals surface area contributed by atoms with Gasteiger partial charge in [-0.1, -0.05) is 19.3 Å². The molecule has 3 nitrogen and oxygen atoms in total. The van der Waals surface area contributed by atoms with Crippen molar-refractivity contribution < 1.29 is 0 Å². The predicted octanol–water partition coefficient (Wildman–Crippen LogP) is 2.00. The molecular formula is C11H21N3. The Morgan fingerprint density at radius 3 is 2.64 bits per heavy atom. The third-order valence-corrected chi connectivity index (χ3v) is 2.93. The molecule has 0 aromatic rings. The van der Waals surface area contributed by atoms with E-state index in [1.54, 1.807) is 0 Å². The molecule has 14 heavy (non-hydrogen) atoms. The minimum Gasteiger partial charge on any atom is -0.384 e. The summed E-state index contributed by atoms with van der Waals surface area (Å²) in [5, 5.41) is 3.23. The zero-order valence-corrected chi connectivity index (χ0v) is 9.05. The molecule has 1 rings (SSSR count). The first kappa shape index (κ1) is 11.1. The molecule has 1 fully saturated rings. The van der Waals surface area contributed by atoms with E-state index < -0.39 is 0 Å². The van der Waals surface area contributed by atoms with Gasteiger partial charge in [0.05, 0.1) is 5.70 Å². The Morgan fingerprint density at radius 1 is 1.43 bits per heavy atom. The minimum absolute atomic E-state index is 0.672. The third-order valence-electron chi connectivity index (χ3n) is 2.93. The molecule has 0 radical (unpaired) electrons. The van der Waals surface area contributed by atoms with E-state index in [1.165, 1.54) is 32.1 Å². The standard InChI is InChI=1S/C11H21N3/c1-9(13-2)11(12)14-8-10-6-4-3-5-7-10/h10,14H,2-8,12H2,1H3/b11-9-. The number of nitrogens with one attached hydrogen (secondary N) is 1. The van der Waals surface area contributed by atoms with Crippen molar-refractivity contribution in [2.24, 2.45) is 16.6 Å². The number of nitrogens with two attached hydrogens (primary N) is 1. The fourth-order valence-electron chi connectivity index (χ4n) is 1.86. The normalized spacial score (nSPS) is 20.1. The van der Waals surface area contributed by atoms with Crippen LogP contribution in [-0.2, 0) is 0 Å². The van der Waals surface area contributed by atoms with E-state index in [2.05, 4.69) is 17.0 Å². The number of hydrogen-bond donors (Lipinski definition) is 2. The Kier molecular flexibility index (Phi) is 4.50. The molecule has 0 spiro atoms. The Balaban J connectivity index is 2.28. The second kappa shape index (κ2) is 5.68. The maximum atomic E-state index is 5.78. The van der Waals surface area contributed by atoms with Crippen molar-refractivity contribution in [1.82, 2.24) is 5.32 Å². The maximum Gasteiger partial charge on any atom is 0.118 e. The highest BCUT2D eigenvalue weighted by Gasteiger charge is 2.12. The van der Waals surface area contributed by atoms with Gasteiger partial charge in [-0.05, 0) is 32.4 Å². The minimum atomic E-state index is 0.672. The molecule has 1 aliphatic rings. The SMILES string of the molecule is C=N/C(C)=C(/N)NCC1CCCCC1. The highest BCUT2D eigenvalue weighted by Crippen LogP contribution is 2.22. The average Bonchev–Trinajstić information content (AvgIpc) is 2.26. The Labute approximate surface area is 86.5 Å². The van der Waals surface area contributed by atoms with Crippen LogP contribution in [0.25, 0.3) is 0 Å². The smallest absolute Gasteiger partial charge is 0.118 e. The average molecular weight is 195 g/mol. The molecular weight excluding hydrogens is 174 g/mol. The number of nitrogens with zero attached hydrogens (tertiary/aromatic N) is 1. The van der Waals surface area contributed by atoms with Crippen molar-refractivity contribution in [3.63, 3.8) is 0 Å². The van der Waals surface area contributed by atoms with Crippen molar-refractivity contribution in [3.8, 4) is 0 Å². The first-order valence-corrected chi connectivity index (χ1v) is 5.41. The number of allylic oxidation sites excluding steroid dienone is 1. The predicted molar refractivity (Wildman–Crippen MR) is 61.0 cm³/mol. The summed E-state index contributed by atoms with van der Waals surface area (Å²) in [6.07, 6.45) is 6.81. The third kappa shape index (κ3) is 3.40. The molecule has 0 saturated heterocycles. The lowest BCUT2D eigenvalue weighted by atomic mass is 9.89. The van der Waals surface area contributed by atoms with Crippen molar-refractivity contribution in [2.75, 3.05) is 6.54 Å². The fourth-order valence-corrected chi connectivity index (χ4v) is 1.86. The summed E-state index contributed by atoms with van der Waals surface area (Å²) in [7, 11) is 0. The van der Waals surface area contributed by atoms with Gasteiger partial charge in [-0.2, -0.15) is 0 Å².